The summed E-state index contributed by atoms with van der Waals surface area (Å²) in [4.78, 5) is 26.0. The van der Waals surface area contributed by atoms with Gasteiger partial charge in [0.05, 0.1) is 6.54 Å². The van der Waals surface area contributed by atoms with Gasteiger partial charge in [-0.2, -0.15) is 0 Å². The highest BCUT2D eigenvalue weighted by Crippen LogP contribution is 2.20. The van der Waals surface area contributed by atoms with Gasteiger partial charge in [0.1, 0.15) is 12.4 Å². The smallest absolute Gasteiger partial charge is 0.414 e. The monoisotopic (exact) mass is 488 g/mol. The van der Waals surface area contributed by atoms with E-state index in [4.69, 9.17) is 15.2 Å². The van der Waals surface area contributed by atoms with Crippen LogP contribution >= 0.6 is 0 Å². The maximum absolute atomic E-state index is 12.9. The number of nitrogens with two attached hydrogens (primary N) is 1. The van der Waals surface area contributed by atoms with Crippen molar-refractivity contribution >= 4 is 23.8 Å². The van der Waals surface area contributed by atoms with Crippen LogP contribution in [-0.2, 0) is 16.1 Å². The van der Waals surface area contributed by atoms with E-state index in [0.717, 1.165) is 16.8 Å². The number of ether oxygens (including phenoxy) is 2. The molecule has 0 fully saturated rings. The number of carbonyl (C=O) groups is 2. The molecule has 0 aliphatic rings. The fourth-order valence-electron chi connectivity index (χ4n) is 3.53. The molecule has 0 bridgehead atoms. The molecule has 0 aliphatic carbocycles. The van der Waals surface area contributed by atoms with Crippen molar-refractivity contribution in [3.05, 3.63) is 102 Å². The lowest BCUT2D eigenvalue weighted by molar-refractivity contribution is -0.146. The molecule has 188 valence electrons. The average molecular weight is 489 g/mol. The molecule has 7 nitrogen and oxygen atoms in total. The number of carboxylic acids is 1. The number of anilines is 1. The van der Waals surface area contributed by atoms with E-state index < -0.39 is 23.7 Å². The summed E-state index contributed by atoms with van der Waals surface area (Å²) < 4.78 is 11.2. The van der Waals surface area contributed by atoms with E-state index in [2.05, 4.69) is 0 Å². The Labute approximate surface area is 211 Å². The molecule has 0 saturated heterocycles. The van der Waals surface area contributed by atoms with Crippen molar-refractivity contribution < 1.29 is 24.2 Å². The fourth-order valence-corrected chi connectivity index (χ4v) is 3.53. The first-order valence-corrected chi connectivity index (χ1v) is 11.7. The van der Waals surface area contributed by atoms with E-state index in [-0.39, 0.29) is 13.0 Å². The molecule has 3 aromatic carbocycles. The quantitative estimate of drug-likeness (QED) is 0.369. The van der Waals surface area contributed by atoms with Gasteiger partial charge in [-0.05, 0) is 55.3 Å². The molecule has 1 unspecified atom stereocenters. The molecule has 3 aromatic rings. The van der Waals surface area contributed by atoms with Gasteiger partial charge in [0.15, 0.2) is 6.10 Å². The number of aliphatic carboxylic acids is 1. The lowest BCUT2D eigenvalue weighted by Gasteiger charge is -2.24. The molecule has 0 spiro atoms. The van der Waals surface area contributed by atoms with Gasteiger partial charge >= 0.3 is 12.1 Å². The van der Waals surface area contributed by atoms with Gasteiger partial charge in [0.25, 0.3) is 0 Å². The standard InChI is InChI=1S/C29H32N2O5/c1-29(2,30)20-26(27(32)33)36-25-17-9-13-22(19-25)14-10-18-35-28(34)31(24-15-7-4-8-16-24)21-23-11-5-3-6-12-23/h3-17,19,26H,18,20-21,30H2,1-2H3,(H,32,33)/b14-10-. The SMILES string of the molecule is CC(C)(N)CC(Oc1cccc(/C=C\COC(=O)N(Cc2ccccc2)c2ccccc2)c1)C(=O)O. The molecule has 3 rings (SSSR count). The molecule has 36 heavy (non-hydrogen) atoms. The molecule has 0 saturated carbocycles. The van der Waals surface area contributed by atoms with Crippen LogP contribution in [0.3, 0.4) is 0 Å². The summed E-state index contributed by atoms with van der Waals surface area (Å²) in [5.74, 6) is -0.649. The molecule has 0 aliphatic heterocycles. The second-order valence-corrected chi connectivity index (χ2v) is 9.10. The summed E-state index contributed by atoms with van der Waals surface area (Å²) >= 11 is 0. The molecular formula is C29H32N2O5. The fraction of sp³-hybridized carbons (Fsp3) is 0.241. The van der Waals surface area contributed by atoms with Crippen LogP contribution in [0.4, 0.5) is 10.5 Å². The van der Waals surface area contributed by atoms with Gasteiger partial charge in [0.2, 0.25) is 0 Å². The molecule has 7 heteroatoms. The zero-order chi connectivity index (χ0) is 26.0. The molecular weight excluding hydrogens is 456 g/mol. The minimum absolute atomic E-state index is 0.0706. The number of hydrogen-bond donors (Lipinski definition) is 2. The number of hydrogen-bond acceptors (Lipinski definition) is 5. The highest BCUT2D eigenvalue weighted by Gasteiger charge is 2.26. The Kier molecular flexibility index (Phi) is 9.25. The maximum atomic E-state index is 12.9. The summed E-state index contributed by atoms with van der Waals surface area (Å²) in [6.07, 6.45) is 2.16. The summed E-state index contributed by atoms with van der Waals surface area (Å²) in [5.41, 5.74) is 7.80. The maximum Gasteiger partial charge on any atom is 0.414 e. The number of para-hydroxylation sites is 1. The summed E-state index contributed by atoms with van der Waals surface area (Å²) in [6.45, 7) is 3.97. The van der Waals surface area contributed by atoms with E-state index in [1.807, 2.05) is 66.7 Å². The first kappa shape index (κ1) is 26.5. The third-order valence-corrected chi connectivity index (χ3v) is 5.21. The minimum atomic E-state index is -1.07. The zero-order valence-corrected chi connectivity index (χ0v) is 20.5. The van der Waals surface area contributed by atoms with E-state index in [9.17, 15) is 14.7 Å². The Morgan fingerprint density at radius 1 is 1.00 bits per heavy atom. The topological polar surface area (TPSA) is 102 Å². The number of carboxylic acid groups (broad SMARTS) is 1. The van der Waals surface area contributed by atoms with E-state index in [1.165, 1.54) is 0 Å². The van der Waals surface area contributed by atoms with Gasteiger partial charge < -0.3 is 20.3 Å². The molecule has 0 aromatic heterocycles. The predicted octanol–water partition coefficient (Wildman–Crippen LogP) is 5.50. The molecule has 1 amide bonds. The molecule has 1 atom stereocenters. The summed E-state index contributed by atoms with van der Waals surface area (Å²) in [5, 5.41) is 9.47. The Hall–Kier alpha value is -4.10. The van der Waals surface area contributed by atoms with Crippen LogP contribution in [0.25, 0.3) is 6.08 Å². The predicted molar refractivity (Wildman–Crippen MR) is 141 cm³/mol. The minimum Gasteiger partial charge on any atom is -0.479 e. The third kappa shape index (κ3) is 8.60. The Morgan fingerprint density at radius 3 is 2.31 bits per heavy atom. The Balaban J connectivity index is 1.62. The van der Waals surface area contributed by atoms with Crippen molar-refractivity contribution in [3.63, 3.8) is 0 Å². The highest BCUT2D eigenvalue weighted by molar-refractivity contribution is 5.87. The van der Waals surface area contributed by atoms with Gasteiger partial charge in [0, 0.05) is 17.6 Å². The van der Waals surface area contributed by atoms with Gasteiger partial charge in [-0.25, -0.2) is 9.59 Å². The van der Waals surface area contributed by atoms with Crippen molar-refractivity contribution in [2.24, 2.45) is 5.73 Å². The highest BCUT2D eigenvalue weighted by atomic mass is 16.6. The van der Waals surface area contributed by atoms with Crippen LogP contribution < -0.4 is 15.4 Å². The second kappa shape index (κ2) is 12.6. The summed E-state index contributed by atoms with van der Waals surface area (Å²) in [7, 11) is 0. The van der Waals surface area contributed by atoms with Crippen LogP contribution in [0.15, 0.2) is 91.0 Å². The van der Waals surface area contributed by atoms with Crippen molar-refractivity contribution in [2.75, 3.05) is 11.5 Å². The van der Waals surface area contributed by atoms with Crippen LogP contribution in [-0.4, -0.2) is 35.4 Å². The lowest BCUT2D eigenvalue weighted by atomic mass is 9.98. The average Bonchev–Trinajstić information content (AvgIpc) is 2.85. The van der Waals surface area contributed by atoms with Crippen LogP contribution in [0.1, 0.15) is 31.4 Å². The van der Waals surface area contributed by atoms with Crippen molar-refractivity contribution in [1.29, 1.82) is 0 Å². The van der Waals surface area contributed by atoms with Crippen molar-refractivity contribution in [1.82, 2.24) is 0 Å². The largest absolute Gasteiger partial charge is 0.479 e. The van der Waals surface area contributed by atoms with Crippen molar-refractivity contribution in [3.8, 4) is 5.75 Å². The zero-order valence-electron chi connectivity index (χ0n) is 20.5. The number of amides is 1. The lowest BCUT2D eigenvalue weighted by Crippen LogP contribution is -2.41. The van der Waals surface area contributed by atoms with Gasteiger partial charge in [-0.3, -0.25) is 4.90 Å². The first-order chi connectivity index (χ1) is 17.2. The molecule has 0 radical (unpaired) electrons. The Bertz CT molecular complexity index is 1160. The Morgan fingerprint density at radius 2 is 1.67 bits per heavy atom. The number of nitrogens with zero attached hydrogens (tertiary/aromatic N) is 1. The van der Waals surface area contributed by atoms with E-state index in [1.54, 1.807) is 49.1 Å². The van der Waals surface area contributed by atoms with E-state index in [0.29, 0.717) is 12.3 Å². The molecule has 0 heterocycles. The molecule has 3 N–H and O–H groups in total. The number of carbonyl (C=O) groups excluding carboxylic acids is 1. The number of rotatable bonds is 11. The van der Waals surface area contributed by atoms with Crippen LogP contribution in [0, 0.1) is 0 Å². The van der Waals surface area contributed by atoms with Crippen LogP contribution in [0.5, 0.6) is 5.75 Å². The van der Waals surface area contributed by atoms with Crippen molar-refractivity contribution in [2.45, 2.75) is 38.5 Å². The van der Waals surface area contributed by atoms with Crippen LogP contribution in [0.2, 0.25) is 0 Å². The normalized spacial score (nSPS) is 12.2. The number of benzene rings is 3. The first-order valence-electron chi connectivity index (χ1n) is 11.7. The van der Waals surface area contributed by atoms with E-state index >= 15 is 0 Å². The third-order valence-electron chi connectivity index (χ3n) is 5.21. The van der Waals surface area contributed by atoms with Gasteiger partial charge in [-0.1, -0.05) is 66.7 Å². The summed E-state index contributed by atoms with van der Waals surface area (Å²) in [6, 6.07) is 26.1. The van der Waals surface area contributed by atoms with Gasteiger partial charge in [-0.15, -0.1) is 0 Å². The second-order valence-electron chi connectivity index (χ2n) is 9.10.